The van der Waals surface area contributed by atoms with Gasteiger partial charge in [-0.1, -0.05) is 12.1 Å². The van der Waals surface area contributed by atoms with Crippen LogP contribution in [0.5, 0.6) is 0 Å². The maximum Gasteiger partial charge on any atom is 0.261 e. The summed E-state index contributed by atoms with van der Waals surface area (Å²) in [4.78, 5) is 25.3. The molecule has 0 atom stereocenters. The van der Waals surface area contributed by atoms with Gasteiger partial charge in [0.1, 0.15) is 11.6 Å². The summed E-state index contributed by atoms with van der Waals surface area (Å²) in [5.41, 5.74) is 1.07. The number of halogens is 1. The van der Waals surface area contributed by atoms with Crippen molar-refractivity contribution in [3.05, 3.63) is 114 Å². The Hall–Kier alpha value is -4.44. The predicted molar refractivity (Wildman–Crippen MR) is 128 cm³/mol. The van der Waals surface area contributed by atoms with E-state index in [9.17, 15) is 22.4 Å². The normalized spacial score (nSPS) is 11.0. The number of anilines is 2. The van der Waals surface area contributed by atoms with E-state index in [1.54, 1.807) is 36.4 Å². The lowest BCUT2D eigenvalue weighted by Crippen LogP contribution is -2.24. The highest BCUT2D eigenvalue weighted by atomic mass is 32.2. The van der Waals surface area contributed by atoms with Crippen molar-refractivity contribution < 1.29 is 26.8 Å². The lowest BCUT2D eigenvalue weighted by Gasteiger charge is -2.12. The van der Waals surface area contributed by atoms with Crippen molar-refractivity contribution in [2.75, 3.05) is 10.0 Å². The largest absolute Gasteiger partial charge is 0.467 e. The molecule has 8 nitrogen and oxygen atoms in total. The van der Waals surface area contributed by atoms with Gasteiger partial charge in [-0.05, 0) is 72.8 Å². The first-order valence-corrected chi connectivity index (χ1v) is 11.9. The van der Waals surface area contributed by atoms with Gasteiger partial charge in [0.25, 0.3) is 21.8 Å². The van der Waals surface area contributed by atoms with Crippen LogP contribution < -0.4 is 15.4 Å². The zero-order valence-corrected chi connectivity index (χ0v) is 19.0. The third-order valence-electron chi connectivity index (χ3n) is 4.95. The second-order valence-electron chi connectivity index (χ2n) is 7.40. The first-order chi connectivity index (χ1) is 16.8. The van der Waals surface area contributed by atoms with Crippen molar-refractivity contribution in [2.24, 2.45) is 0 Å². The van der Waals surface area contributed by atoms with Gasteiger partial charge in [-0.2, -0.15) is 0 Å². The van der Waals surface area contributed by atoms with Gasteiger partial charge in [-0.25, -0.2) is 12.8 Å². The highest BCUT2D eigenvalue weighted by molar-refractivity contribution is 7.92. The first kappa shape index (κ1) is 23.7. The van der Waals surface area contributed by atoms with Gasteiger partial charge >= 0.3 is 0 Å². The maximum absolute atomic E-state index is 13.1. The highest BCUT2D eigenvalue weighted by Crippen LogP contribution is 2.20. The minimum atomic E-state index is -3.92. The monoisotopic (exact) mass is 493 g/mol. The van der Waals surface area contributed by atoms with Gasteiger partial charge in [0.15, 0.2) is 0 Å². The van der Waals surface area contributed by atoms with Gasteiger partial charge in [0.2, 0.25) is 0 Å². The summed E-state index contributed by atoms with van der Waals surface area (Å²) in [7, 11) is -3.92. The Labute approximate surface area is 200 Å². The molecule has 0 radical (unpaired) electrons. The Morgan fingerprint density at radius 3 is 2.23 bits per heavy atom. The number of carbonyl (C=O) groups is 2. The summed E-state index contributed by atoms with van der Waals surface area (Å²) in [6, 6.07) is 20.2. The summed E-state index contributed by atoms with van der Waals surface area (Å²) in [5, 5.41) is 5.43. The van der Waals surface area contributed by atoms with Crippen LogP contribution in [0.3, 0.4) is 0 Å². The van der Waals surface area contributed by atoms with E-state index in [1.165, 1.54) is 30.5 Å². The molecule has 0 aliphatic rings. The zero-order valence-electron chi connectivity index (χ0n) is 18.2. The smallest absolute Gasteiger partial charge is 0.261 e. The molecule has 0 aliphatic heterocycles. The number of benzene rings is 3. The lowest BCUT2D eigenvalue weighted by atomic mass is 10.1. The standard InChI is InChI=1S/C25H20FN3O5S/c26-18-9-13-21(14-10-18)35(32,33)29-19-11-7-17(8-12-19)24(30)28-23-6-2-1-5-22(23)25(31)27-16-20-4-3-15-34-20/h1-15,29H,16H2,(H,27,31)(H,28,30). The van der Waals surface area contributed by atoms with Crippen molar-refractivity contribution in [1.29, 1.82) is 0 Å². The van der Waals surface area contributed by atoms with Gasteiger partial charge in [0.05, 0.1) is 29.0 Å². The summed E-state index contributed by atoms with van der Waals surface area (Å²) >= 11 is 0. The number of hydrogen-bond acceptors (Lipinski definition) is 5. The van der Waals surface area contributed by atoms with E-state index in [-0.39, 0.29) is 34.2 Å². The fraction of sp³-hybridized carbons (Fsp3) is 0.0400. The molecule has 2 amide bonds. The molecule has 0 bridgehead atoms. The van der Waals surface area contributed by atoms with Crippen LogP contribution in [-0.4, -0.2) is 20.2 Å². The van der Waals surface area contributed by atoms with Crippen molar-refractivity contribution in [1.82, 2.24) is 5.32 Å². The second kappa shape index (κ2) is 10.2. The fourth-order valence-corrected chi connectivity index (χ4v) is 4.24. The van der Waals surface area contributed by atoms with E-state index in [4.69, 9.17) is 4.42 Å². The molecule has 1 aromatic heterocycles. The van der Waals surface area contributed by atoms with Crippen LogP contribution >= 0.6 is 0 Å². The van der Waals surface area contributed by atoms with E-state index in [1.807, 2.05) is 0 Å². The first-order valence-electron chi connectivity index (χ1n) is 10.4. The molecule has 0 saturated heterocycles. The Balaban J connectivity index is 1.42. The van der Waals surface area contributed by atoms with Crippen LogP contribution in [0.15, 0.2) is 101 Å². The van der Waals surface area contributed by atoms with Crippen LogP contribution in [-0.2, 0) is 16.6 Å². The maximum atomic E-state index is 13.1. The Kier molecular flexibility index (Phi) is 6.93. The van der Waals surface area contributed by atoms with E-state index >= 15 is 0 Å². The SMILES string of the molecule is O=C(Nc1ccccc1C(=O)NCc1ccco1)c1ccc(NS(=O)(=O)c2ccc(F)cc2)cc1. The van der Waals surface area contributed by atoms with Crippen LogP contribution in [0, 0.1) is 5.82 Å². The summed E-state index contributed by atoms with van der Waals surface area (Å²) < 4.78 is 45.5. The predicted octanol–water partition coefficient (Wildman–Crippen LogP) is 4.40. The molecular formula is C25H20FN3O5S. The van der Waals surface area contributed by atoms with Crippen LogP contribution in [0.1, 0.15) is 26.5 Å². The van der Waals surface area contributed by atoms with E-state index < -0.39 is 21.7 Å². The number of para-hydroxylation sites is 1. The molecule has 4 rings (SSSR count). The minimum Gasteiger partial charge on any atom is -0.467 e. The molecule has 0 fully saturated rings. The van der Waals surface area contributed by atoms with Crippen molar-refractivity contribution in [3.8, 4) is 0 Å². The highest BCUT2D eigenvalue weighted by Gasteiger charge is 2.16. The minimum absolute atomic E-state index is 0.0948. The summed E-state index contributed by atoms with van der Waals surface area (Å²) in [6.07, 6.45) is 1.51. The molecule has 178 valence electrons. The fourth-order valence-electron chi connectivity index (χ4n) is 3.18. The van der Waals surface area contributed by atoms with Crippen LogP contribution in [0.25, 0.3) is 0 Å². The van der Waals surface area contributed by atoms with Gasteiger partial charge in [0, 0.05) is 11.3 Å². The number of nitrogens with one attached hydrogen (secondary N) is 3. The molecule has 0 saturated carbocycles. The summed E-state index contributed by atoms with van der Waals surface area (Å²) in [6.45, 7) is 0.198. The molecule has 10 heteroatoms. The number of furan rings is 1. The van der Waals surface area contributed by atoms with Crippen molar-refractivity contribution in [2.45, 2.75) is 11.4 Å². The molecule has 4 aromatic rings. The van der Waals surface area contributed by atoms with Gasteiger partial charge in [-0.3, -0.25) is 14.3 Å². The zero-order chi connectivity index (χ0) is 24.8. The Morgan fingerprint density at radius 2 is 1.54 bits per heavy atom. The quantitative estimate of drug-likeness (QED) is 0.336. The van der Waals surface area contributed by atoms with E-state index in [0.717, 1.165) is 24.3 Å². The Morgan fingerprint density at radius 1 is 0.829 bits per heavy atom. The van der Waals surface area contributed by atoms with Gasteiger partial charge < -0.3 is 15.1 Å². The number of hydrogen-bond donors (Lipinski definition) is 3. The third-order valence-corrected chi connectivity index (χ3v) is 6.34. The second-order valence-corrected chi connectivity index (χ2v) is 9.08. The molecule has 35 heavy (non-hydrogen) atoms. The van der Waals surface area contributed by atoms with Crippen molar-refractivity contribution >= 4 is 33.2 Å². The number of carbonyl (C=O) groups excluding carboxylic acids is 2. The lowest BCUT2D eigenvalue weighted by molar-refractivity contribution is 0.0949. The average molecular weight is 494 g/mol. The molecule has 3 aromatic carbocycles. The van der Waals surface area contributed by atoms with E-state index in [0.29, 0.717) is 11.4 Å². The van der Waals surface area contributed by atoms with Crippen LogP contribution in [0.2, 0.25) is 0 Å². The van der Waals surface area contributed by atoms with Crippen molar-refractivity contribution in [3.63, 3.8) is 0 Å². The molecule has 0 aliphatic carbocycles. The average Bonchev–Trinajstić information content (AvgIpc) is 3.37. The number of sulfonamides is 1. The third kappa shape index (κ3) is 5.92. The molecule has 3 N–H and O–H groups in total. The molecule has 0 unspecified atom stereocenters. The number of rotatable bonds is 8. The molecular weight excluding hydrogens is 473 g/mol. The topological polar surface area (TPSA) is 118 Å². The van der Waals surface area contributed by atoms with E-state index in [2.05, 4.69) is 15.4 Å². The molecule has 1 heterocycles. The Bertz CT molecular complexity index is 1440. The van der Waals surface area contributed by atoms with Gasteiger partial charge in [-0.15, -0.1) is 0 Å². The number of amides is 2. The summed E-state index contributed by atoms with van der Waals surface area (Å²) in [5.74, 6) is -0.821. The van der Waals surface area contributed by atoms with Crippen LogP contribution in [0.4, 0.5) is 15.8 Å². The molecule has 0 spiro atoms.